The van der Waals surface area contributed by atoms with Crippen LogP contribution in [0.5, 0.6) is 0 Å². The van der Waals surface area contributed by atoms with Crippen molar-refractivity contribution in [2.45, 2.75) is 13.0 Å². The Morgan fingerprint density at radius 2 is 1.79 bits per heavy atom. The van der Waals surface area contributed by atoms with Crippen LogP contribution >= 0.6 is 11.3 Å². The average Bonchev–Trinajstić information content (AvgIpc) is 3.25. The van der Waals surface area contributed by atoms with Gasteiger partial charge in [-0.3, -0.25) is 9.59 Å². The molecule has 29 heavy (non-hydrogen) atoms. The minimum Gasteiger partial charge on any atom is -0.444 e. The predicted octanol–water partition coefficient (Wildman–Crippen LogP) is 4.89. The van der Waals surface area contributed by atoms with Crippen LogP contribution in [0, 0.1) is 0 Å². The number of thiophene rings is 1. The van der Waals surface area contributed by atoms with Gasteiger partial charge in [0.15, 0.2) is 5.78 Å². The van der Waals surface area contributed by atoms with Crippen molar-refractivity contribution in [2.75, 3.05) is 5.32 Å². The number of ketones is 1. The van der Waals surface area contributed by atoms with Crippen molar-refractivity contribution in [3.63, 3.8) is 0 Å². The van der Waals surface area contributed by atoms with Gasteiger partial charge in [-0.1, -0.05) is 48.5 Å². The van der Waals surface area contributed by atoms with Gasteiger partial charge in [-0.2, -0.15) is 0 Å². The van der Waals surface area contributed by atoms with Crippen LogP contribution in [-0.2, 0) is 14.3 Å². The molecular weight excluding hydrogens is 386 g/mol. The molecular formula is C23H19NO4S. The van der Waals surface area contributed by atoms with Gasteiger partial charge in [0, 0.05) is 27.8 Å². The summed E-state index contributed by atoms with van der Waals surface area (Å²) in [6, 6.07) is 19.1. The van der Waals surface area contributed by atoms with Crippen LogP contribution in [-0.4, -0.2) is 17.7 Å². The first-order chi connectivity index (χ1) is 14.0. The van der Waals surface area contributed by atoms with Crippen molar-refractivity contribution >= 4 is 40.8 Å². The number of carbonyl (C=O) groups excluding carboxylic acids is 3. The van der Waals surface area contributed by atoms with E-state index in [1.165, 1.54) is 24.3 Å². The van der Waals surface area contributed by atoms with E-state index in [1.54, 1.807) is 54.6 Å². The molecule has 1 amide bonds. The monoisotopic (exact) mass is 405 g/mol. The molecule has 5 nitrogen and oxygen atoms in total. The Balaban J connectivity index is 1.78. The lowest BCUT2D eigenvalue weighted by atomic mass is 10.1. The topological polar surface area (TPSA) is 72.5 Å². The molecule has 3 aromatic rings. The van der Waals surface area contributed by atoms with E-state index in [9.17, 15) is 14.4 Å². The molecule has 0 aliphatic rings. The molecule has 1 N–H and O–H groups in total. The zero-order chi connectivity index (χ0) is 20.6. The molecule has 1 heterocycles. The van der Waals surface area contributed by atoms with E-state index in [1.807, 2.05) is 23.6 Å². The van der Waals surface area contributed by atoms with E-state index < -0.39 is 18.0 Å². The van der Waals surface area contributed by atoms with Gasteiger partial charge in [-0.25, -0.2) is 4.79 Å². The Bertz CT molecular complexity index is 1030. The molecule has 0 aliphatic carbocycles. The maximum Gasteiger partial charge on any atom is 0.331 e. The molecule has 2 aromatic carbocycles. The molecule has 0 fully saturated rings. The third-order valence-electron chi connectivity index (χ3n) is 4.04. The Hall–Kier alpha value is -3.51. The maximum absolute atomic E-state index is 12.9. The van der Waals surface area contributed by atoms with E-state index in [2.05, 4.69) is 5.32 Å². The lowest BCUT2D eigenvalue weighted by Gasteiger charge is -2.17. The minimum atomic E-state index is -1.13. The van der Waals surface area contributed by atoms with E-state index in [0.29, 0.717) is 16.8 Å². The number of hydrogen-bond donors (Lipinski definition) is 1. The van der Waals surface area contributed by atoms with Crippen molar-refractivity contribution in [1.29, 1.82) is 0 Å². The molecule has 0 aliphatic heterocycles. The zero-order valence-electron chi connectivity index (χ0n) is 15.7. The summed E-state index contributed by atoms with van der Waals surface area (Å²) in [5.74, 6) is -1.24. The summed E-state index contributed by atoms with van der Waals surface area (Å²) in [6.45, 7) is 1.45. The number of amides is 1. The molecule has 0 radical (unpaired) electrons. The molecule has 1 atom stereocenters. The smallest absolute Gasteiger partial charge is 0.331 e. The van der Waals surface area contributed by atoms with Gasteiger partial charge < -0.3 is 10.1 Å². The Kier molecular flexibility index (Phi) is 6.71. The molecule has 0 saturated heterocycles. The summed E-state index contributed by atoms with van der Waals surface area (Å²) in [6.07, 6.45) is 1.81. The van der Waals surface area contributed by atoms with Crippen LogP contribution in [0.4, 0.5) is 5.69 Å². The highest BCUT2D eigenvalue weighted by atomic mass is 32.1. The van der Waals surface area contributed by atoms with Crippen molar-refractivity contribution in [3.05, 3.63) is 94.2 Å². The van der Waals surface area contributed by atoms with Crippen LogP contribution in [0.15, 0.2) is 78.2 Å². The van der Waals surface area contributed by atoms with E-state index in [-0.39, 0.29) is 5.78 Å². The van der Waals surface area contributed by atoms with Crippen molar-refractivity contribution in [3.8, 4) is 0 Å². The normalized spacial score (nSPS) is 11.8. The third kappa shape index (κ3) is 5.73. The largest absolute Gasteiger partial charge is 0.444 e. The van der Waals surface area contributed by atoms with Crippen LogP contribution in [0.2, 0.25) is 0 Å². The number of carbonyl (C=O) groups is 3. The first kappa shape index (κ1) is 20.2. The number of rotatable bonds is 7. The summed E-state index contributed by atoms with van der Waals surface area (Å²) in [5, 5.41) is 4.62. The Morgan fingerprint density at radius 1 is 1.00 bits per heavy atom. The van der Waals surface area contributed by atoms with Crippen molar-refractivity contribution in [1.82, 2.24) is 0 Å². The number of benzene rings is 2. The molecule has 0 spiro atoms. The third-order valence-corrected chi connectivity index (χ3v) is 4.88. The molecule has 146 valence electrons. The number of Topliss-reactive ketones (excluding diaryl/α,β-unsaturated/α-hetero) is 1. The van der Waals surface area contributed by atoms with Gasteiger partial charge in [-0.05, 0) is 36.6 Å². The predicted molar refractivity (Wildman–Crippen MR) is 114 cm³/mol. The summed E-state index contributed by atoms with van der Waals surface area (Å²) in [4.78, 5) is 37.6. The number of hydrogen-bond acceptors (Lipinski definition) is 5. The summed E-state index contributed by atoms with van der Waals surface area (Å²) >= 11 is 1.49. The molecule has 0 unspecified atom stereocenters. The second kappa shape index (κ2) is 9.61. The van der Waals surface area contributed by atoms with Gasteiger partial charge in [0.2, 0.25) is 6.10 Å². The SMILES string of the molecule is CC(=O)c1cccc(NC(=O)[C@H](OC(=O)/C=C/c2cccs2)c2ccccc2)c1. The van der Waals surface area contributed by atoms with Crippen LogP contribution in [0.25, 0.3) is 6.08 Å². The quantitative estimate of drug-likeness (QED) is 0.345. The number of nitrogens with one attached hydrogen (secondary N) is 1. The fourth-order valence-corrected chi connectivity index (χ4v) is 3.23. The lowest BCUT2D eigenvalue weighted by Crippen LogP contribution is -2.25. The average molecular weight is 405 g/mol. The summed E-state index contributed by atoms with van der Waals surface area (Å²) in [5.41, 5.74) is 1.48. The number of anilines is 1. The van der Waals surface area contributed by atoms with Crippen LogP contribution < -0.4 is 5.32 Å². The maximum atomic E-state index is 12.9. The number of esters is 1. The standard InChI is InChI=1S/C23H19NO4S/c1-16(25)18-9-5-10-19(15-18)24-23(27)22(17-7-3-2-4-8-17)28-21(26)13-12-20-11-6-14-29-20/h2-15,22H,1H3,(H,24,27)/b13-12+/t22-/m1/s1. The zero-order valence-corrected chi connectivity index (χ0v) is 16.5. The van der Waals surface area contributed by atoms with Crippen molar-refractivity contribution in [2.24, 2.45) is 0 Å². The molecule has 1 aromatic heterocycles. The van der Waals surface area contributed by atoms with Gasteiger partial charge in [0.1, 0.15) is 0 Å². The molecule has 6 heteroatoms. The lowest BCUT2D eigenvalue weighted by molar-refractivity contribution is -0.149. The van der Waals surface area contributed by atoms with Crippen LogP contribution in [0.1, 0.15) is 33.8 Å². The second-order valence-electron chi connectivity index (χ2n) is 6.20. The van der Waals surface area contributed by atoms with Gasteiger partial charge in [0.05, 0.1) is 0 Å². The van der Waals surface area contributed by atoms with Gasteiger partial charge in [-0.15, -0.1) is 11.3 Å². The van der Waals surface area contributed by atoms with Crippen LogP contribution in [0.3, 0.4) is 0 Å². The minimum absolute atomic E-state index is 0.106. The number of ether oxygens (including phenoxy) is 1. The van der Waals surface area contributed by atoms with E-state index in [4.69, 9.17) is 4.74 Å². The van der Waals surface area contributed by atoms with Gasteiger partial charge >= 0.3 is 5.97 Å². The van der Waals surface area contributed by atoms with Gasteiger partial charge in [0.25, 0.3) is 5.91 Å². The first-order valence-corrected chi connectivity index (χ1v) is 9.80. The molecule has 0 bridgehead atoms. The highest BCUT2D eigenvalue weighted by molar-refractivity contribution is 7.10. The Morgan fingerprint density at radius 3 is 2.48 bits per heavy atom. The van der Waals surface area contributed by atoms with E-state index >= 15 is 0 Å². The molecule has 3 rings (SSSR count). The fraction of sp³-hybridized carbons (Fsp3) is 0.0870. The van der Waals surface area contributed by atoms with Crippen molar-refractivity contribution < 1.29 is 19.1 Å². The summed E-state index contributed by atoms with van der Waals surface area (Å²) < 4.78 is 5.45. The molecule has 0 saturated carbocycles. The fourth-order valence-electron chi connectivity index (χ4n) is 2.62. The highest BCUT2D eigenvalue weighted by Gasteiger charge is 2.24. The highest BCUT2D eigenvalue weighted by Crippen LogP contribution is 2.21. The Labute approximate surface area is 172 Å². The first-order valence-electron chi connectivity index (χ1n) is 8.92. The van der Waals surface area contributed by atoms with E-state index in [0.717, 1.165) is 4.88 Å². The second-order valence-corrected chi connectivity index (χ2v) is 7.18. The summed E-state index contributed by atoms with van der Waals surface area (Å²) in [7, 11) is 0.